The summed E-state index contributed by atoms with van der Waals surface area (Å²) >= 11 is 0. The van der Waals surface area contributed by atoms with Crippen molar-refractivity contribution >= 4 is 17.2 Å². The number of anilines is 1. The van der Waals surface area contributed by atoms with Crippen molar-refractivity contribution in [3.63, 3.8) is 0 Å². The number of likely N-dealkylation sites (tertiary alicyclic amines) is 1. The van der Waals surface area contributed by atoms with Gasteiger partial charge in [0.15, 0.2) is 0 Å². The molecule has 2 heterocycles. The minimum Gasteiger partial charge on any atom is -0.481 e. The normalized spacial score (nSPS) is 21.1. The number of fused-ring (bicyclic) bond motifs is 2. The average Bonchev–Trinajstić information content (AvgIpc) is 2.83. The van der Waals surface area contributed by atoms with E-state index in [4.69, 9.17) is 0 Å². The first-order valence-corrected chi connectivity index (χ1v) is 10.2. The summed E-state index contributed by atoms with van der Waals surface area (Å²) in [7, 11) is 2.15. The molecule has 0 aromatic heterocycles. The van der Waals surface area contributed by atoms with E-state index in [1.165, 1.54) is 28.0 Å². The van der Waals surface area contributed by atoms with Crippen LogP contribution in [-0.2, 0) is 11.3 Å². The maximum Gasteiger partial charge on any atom is 0.307 e. The minimum atomic E-state index is -0.655. The summed E-state index contributed by atoms with van der Waals surface area (Å²) in [6, 6.07) is 17.3. The lowest BCUT2D eigenvalue weighted by atomic mass is 9.93. The lowest BCUT2D eigenvalue weighted by Crippen LogP contribution is -2.39. The zero-order valence-corrected chi connectivity index (χ0v) is 16.5. The number of hydrogen-bond acceptors (Lipinski definition) is 3. The molecule has 2 aliphatic rings. The predicted octanol–water partition coefficient (Wildman–Crippen LogP) is 4.25. The molecule has 1 saturated heterocycles. The minimum absolute atomic E-state index is 0.214. The molecule has 1 unspecified atom stereocenters. The fourth-order valence-electron chi connectivity index (χ4n) is 4.51. The predicted molar refractivity (Wildman–Crippen MR) is 113 cm³/mol. The van der Waals surface area contributed by atoms with E-state index in [0.717, 1.165) is 38.9 Å². The van der Waals surface area contributed by atoms with Gasteiger partial charge in [0, 0.05) is 37.9 Å². The number of aliphatic carboxylic acids is 1. The summed E-state index contributed by atoms with van der Waals surface area (Å²) in [5, 5.41) is 9.32. The average molecular weight is 377 g/mol. The van der Waals surface area contributed by atoms with Gasteiger partial charge in [-0.2, -0.15) is 0 Å². The number of carbonyl (C=O) groups is 1. The van der Waals surface area contributed by atoms with E-state index in [2.05, 4.69) is 71.5 Å². The second-order valence-electron chi connectivity index (χ2n) is 7.91. The third kappa shape index (κ3) is 3.83. The summed E-state index contributed by atoms with van der Waals surface area (Å²) < 4.78 is 0. The van der Waals surface area contributed by atoms with Gasteiger partial charge in [-0.25, -0.2) is 0 Å². The number of carboxylic acid groups (broad SMARTS) is 1. The Balaban J connectivity index is 1.59. The Morgan fingerprint density at radius 2 is 1.89 bits per heavy atom. The number of para-hydroxylation sites is 1. The molecule has 0 spiro atoms. The topological polar surface area (TPSA) is 43.8 Å². The number of carboxylic acids is 1. The van der Waals surface area contributed by atoms with E-state index in [0.29, 0.717) is 6.54 Å². The molecule has 0 amide bonds. The largest absolute Gasteiger partial charge is 0.481 e. The van der Waals surface area contributed by atoms with Crippen LogP contribution >= 0.6 is 0 Å². The molecule has 0 aliphatic carbocycles. The summed E-state index contributed by atoms with van der Waals surface area (Å²) in [6.07, 6.45) is 5.05. The van der Waals surface area contributed by atoms with E-state index >= 15 is 0 Å². The van der Waals surface area contributed by atoms with E-state index in [-0.39, 0.29) is 5.92 Å². The standard InChI is InChI=1S/C24H28N2O2/c1-25-16-18-8-2-3-10-20(18)21(22-11-4-5-13-23(22)25)12-7-15-26-14-6-9-19(17-26)24(27)28/h2-5,8,10-13,19H,6-7,9,14-17H2,1H3,(H,27,28)/b21-12-. The number of nitrogens with zero attached hydrogens (tertiary/aromatic N) is 2. The van der Waals surface area contributed by atoms with Crippen LogP contribution in [0.25, 0.3) is 5.57 Å². The van der Waals surface area contributed by atoms with E-state index in [1.54, 1.807) is 0 Å². The molecule has 4 rings (SSSR count). The van der Waals surface area contributed by atoms with E-state index < -0.39 is 5.97 Å². The zero-order chi connectivity index (χ0) is 19.5. The Hall–Kier alpha value is -2.59. The first-order chi connectivity index (χ1) is 13.6. The third-order valence-electron chi connectivity index (χ3n) is 5.97. The van der Waals surface area contributed by atoms with Gasteiger partial charge in [-0.15, -0.1) is 0 Å². The molecule has 4 nitrogen and oxygen atoms in total. The molecule has 2 aliphatic heterocycles. The highest BCUT2D eigenvalue weighted by atomic mass is 16.4. The number of rotatable bonds is 4. The van der Waals surface area contributed by atoms with Gasteiger partial charge in [-0.3, -0.25) is 4.79 Å². The van der Waals surface area contributed by atoms with Crippen LogP contribution in [0.15, 0.2) is 54.6 Å². The summed E-state index contributed by atoms with van der Waals surface area (Å²) in [5.41, 5.74) is 6.48. The second-order valence-corrected chi connectivity index (χ2v) is 7.91. The Kier molecular flexibility index (Phi) is 5.49. The molecule has 2 aromatic rings. The molecule has 0 radical (unpaired) electrons. The fourth-order valence-corrected chi connectivity index (χ4v) is 4.51. The van der Waals surface area contributed by atoms with Crippen molar-refractivity contribution in [2.45, 2.75) is 25.8 Å². The lowest BCUT2D eigenvalue weighted by Gasteiger charge is -2.30. The van der Waals surface area contributed by atoms with Crippen LogP contribution in [0, 0.1) is 5.92 Å². The Morgan fingerprint density at radius 1 is 1.14 bits per heavy atom. The van der Waals surface area contributed by atoms with Gasteiger partial charge in [0.2, 0.25) is 0 Å². The fraction of sp³-hybridized carbons (Fsp3) is 0.375. The molecule has 4 heteroatoms. The summed E-state index contributed by atoms with van der Waals surface area (Å²) in [5.74, 6) is -0.868. The number of hydrogen-bond donors (Lipinski definition) is 1. The molecule has 28 heavy (non-hydrogen) atoms. The van der Waals surface area contributed by atoms with Gasteiger partial charge in [-0.05, 0) is 48.6 Å². The van der Waals surface area contributed by atoms with Crippen molar-refractivity contribution in [3.8, 4) is 0 Å². The smallest absolute Gasteiger partial charge is 0.307 e. The van der Waals surface area contributed by atoms with Gasteiger partial charge in [0.25, 0.3) is 0 Å². The Labute approximate surface area is 167 Å². The molecule has 1 N–H and O–H groups in total. The number of piperidine rings is 1. The second kappa shape index (κ2) is 8.19. The van der Waals surface area contributed by atoms with Gasteiger partial charge < -0.3 is 14.9 Å². The molecule has 0 bridgehead atoms. The highest BCUT2D eigenvalue weighted by molar-refractivity contribution is 5.89. The quantitative estimate of drug-likeness (QED) is 0.866. The molecule has 1 atom stereocenters. The molecule has 1 fully saturated rings. The van der Waals surface area contributed by atoms with Crippen molar-refractivity contribution < 1.29 is 9.90 Å². The monoisotopic (exact) mass is 376 g/mol. The maximum absolute atomic E-state index is 11.3. The number of benzene rings is 2. The van der Waals surface area contributed by atoms with Crippen molar-refractivity contribution in [1.82, 2.24) is 4.90 Å². The lowest BCUT2D eigenvalue weighted by molar-refractivity contribution is -0.143. The highest BCUT2D eigenvalue weighted by Crippen LogP contribution is 2.37. The first kappa shape index (κ1) is 18.8. The van der Waals surface area contributed by atoms with Crippen molar-refractivity contribution in [3.05, 3.63) is 71.3 Å². The maximum atomic E-state index is 11.3. The van der Waals surface area contributed by atoms with Crippen molar-refractivity contribution in [1.29, 1.82) is 0 Å². The van der Waals surface area contributed by atoms with Crippen molar-refractivity contribution in [2.75, 3.05) is 31.6 Å². The van der Waals surface area contributed by atoms with Crippen LogP contribution in [0.4, 0.5) is 5.69 Å². The van der Waals surface area contributed by atoms with Crippen LogP contribution in [0.1, 0.15) is 36.0 Å². The van der Waals surface area contributed by atoms with Crippen LogP contribution in [0.5, 0.6) is 0 Å². The summed E-state index contributed by atoms with van der Waals surface area (Å²) in [4.78, 5) is 15.9. The molecule has 0 saturated carbocycles. The van der Waals surface area contributed by atoms with Gasteiger partial charge >= 0.3 is 5.97 Å². The van der Waals surface area contributed by atoms with Gasteiger partial charge in [0.1, 0.15) is 0 Å². The molecular formula is C24H28N2O2. The Morgan fingerprint density at radius 3 is 2.71 bits per heavy atom. The van der Waals surface area contributed by atoms with Gasteiger partial charge in [0.05, 0.1) is 5.92 Å². The van der Waals surface area contributed by atoms with Crippen LogP contribution in [0.3, 0.4) is 0 Å². The van der Waals surface area contributed by atoms with Crippen LogP contribution < -0.4 is 4.90 Å². The third-order valence-corrected chi connectivity index (χ3v) is 5.97. The first-order valence-electron chi connectivity index (χ1n) is 10.2. The van der Waals surface area contributed by atoms with Crippen molar-refractivity contribution in [2.24, 2.45) is 5.92 Å². The molecular weight excluding hydrogens is 348 g/mol. The van der Waals surface area contributed by atoms with E-state index in [9.17, 15) is 9.90 Å². The SMILES string of the molecule is CN1Cc2ccccc2/C(=C/CCN2CCCC(C(=O)O)C2)c2ccccc21. The van der Waals surface area contributed by atoms with E-state index in [1.807, 2.05) is 0 Å². The van der Waals surface area contributed by atoms with Crippen LogP contribution in [-0.4, -0.2) is 42.7 Å². The molecule has 146 valence electrons. The summed E-state index contributed by atoms with van der Waals surface area (Å²) in [6.45, 7) is 3.49. The van der Waals surface area contributed by atoms with Crippen LogP contribution in [0.2, 0.25) is 0 Å². The highest BCUT2D eigenvalue weighted by Gasteiger charge is 2.25. The van der Waals surface area contributed by atoms with Gasteiger partial charge in [-0.1, -0.05) is 48.5 Å². The Bertz CT molecular complexity index is 890. The molecule has 2 aromatic carbocycles. The zero-order valence-electron chi connectivity index (χ0n) is 16.5.